The van der Waals surface area contributed by atoms with Gasteiger partial charge in [0, 0.05) is 38.8 Å². The Morgan fingerprint density at radius 3 is 2.65 bits per heavy atom. The molecule has 1 fully saturated rings. The van der Waals surface area contributed by atoms with Crippen molar-refractivity contribution < 1.29 is 14.6 Å². The summed E-state index contributed by atoms with van der Waals surface area (Å²) in [7, 11) is 0. The van der Waals surface area contributed by atoms with Crippen LogP contribution in [0.25, 0.3) is 0 Å². The lowest BCUT2D eigenvalue weighted by molar-refractivity contribution is 0.139. The normalized spacial score (nSPS) is 20.6. The molecule has 1 unspecified atom stereocenters. The molecule has 0 aromatic heterocycles. The Morgan fingerprint density at radius 1 is 1.15 bits per heavy atom. The van der Waals surface area contributed by atoms with E-state index in [9.17, 15) is 5.11 Å². The molecule has 20 heavy (non-hydrogen) atoms. The van der Waals surface area contributed by atoms with Crippen LogP contribution in [0.1, 0.15) is 18.0 Å². The Hall–Kier alpha value is -1.30. The van der Waals surface area contributed by atoms with Gasteiger partial charge in [-0.3, -0.25) is 4.90 Å². The van der Waals surface area contributed by atoms with E-state index >= 15 is 0 Å². The lowest BCUT2D eigenvalue weighted by Crippen LogP contribution is -2.45. The number of aliphatic hydroxyl groups excluding tert-OH is 1. The first-order chi connectivity index (χ1) is 9.88. The summed E-state index contributed by atoms with van der Waals surface area (Å²) >= 11 is 0. The highest BCUT2D eigenvalue weighted by Gasteiger charge is 2.23. The molecule has 0 aliphatic carbocycles. The van der Waals surface area contributed by atoms with Crippen LogP contribution in [0.15, 0.2) is 18.2 Å². The number of rotatable bonds is 4. The van der Waals surface area contributed by atoms with Crippen molar-refractivity contribution >= 4 is 0 Å². The largest absolute Gasteiger partial charge is 0.486 e. The molecule has 0 spiro atoms. The molecule has 2 N–H and O–H groups in total. The number of benzene rings is 1. The molecule has 0 radical (unpaired) electrons. The van der Waals surface area contributed by atoms with Crippen molar-refractivity contribution in [2.75, 3.05) is 46.0 Å². The fourth-order valence-electron chi connectivity index (χ4n) is 2.94. The molecular formula is C15H22N2O3. The number of hydrogen-bond donors (Lipinski definition) is 2. The van der Waals surface area contributed by atoms with Crippen LogP contribution in [0.2, 0.25) is 0 Å². The average molecular weight is 278 g/mol. The van der Waals surface area contributed by atoms with Crippen LogP contribution in [-0.4, -0.2) is 56.0 Å². The lowest BCUT2D eigenvalue weighted by Gasteiger charge is -2.35. The van der Waals surface area contributed by atoms with Crippen LogP contribution in [0.4, 0.5) is 0 Å². The minimum Gasteiger partial charge on any atom is -0.486 e. The van der Waals surface area contributed by atoms with Crippen molar-refractivity contribution in [2.45, 2.75) is 12.5 Å². The van der Waals surface area contributed by atoms with E-state index in [4.69, 9.17) is 9.47 Å². The lowest BCUT2D eigenvalue weighted by atomic mass is 10.0. The Bertz CT molecular complexity index is 447. The van der Waals surface area contributed by atoms with E-state index in [0.717, 1.165) is 44.1 Å². The second-order valence-electron chi connectivity index (χ2n) is 5.22. The zero-order chi connectivity index (χ0) is 13.8. The predicted molar refractivity (Wildman–Crippen MR) is 76.3 cm³/mol. The van der Waals surface area contributed by atoms with Crippen LogP contribution >= 0.6 is 0 Å². The molecule has 0 bridgehead atoms. The third-order valence-electron chi connectivity index (χ3n) is 3.95. The molecule has 5 heteroatoms. The third-order valence-corrected chi connectivity index (χ3v) is 3.95. The number of nitrogens with one attached hydrogen (secondary N) is 1. The van der Waals surface area contributed by atoms with E-state index in [-0.39, 0.29) is 12.6 Å². The molecule has 3 rings (SSSR count). The molecule has 1 aromatic rings. The molecular weight excluding hydrogens is 256 g/mol. The zero-order valence-corrected chi connectivity index (χ0v) is 11.7. The topological polar surface area (TPSA) is 54.0 Å². The SMILES string of the molecule is OCCC(c1ccc2c(c1)OCCO2)N1CCNCC1. The highest BCUT2D eigenvalue weighted by atomic mass is 16.6. The second-order valence-corrected chi connectivity index (χ2v) is 5.22. The van der Waals surface area contributed by atoms with E-state index in [1.807, 2.05) is 6.07 Å². The van der Waals surface area contributed by atoms with Gasteiger partial charge in [0.2, 0.25) is 0 Å². The monoisotopic (exact) mass is 278 g/mol. The first-order valence-electron chi connectivity index (χ1n) is 7.33. The summed E-state index contributed by atoms with van der Waals surface area (Å²) in [4.78, 5) is 2.43. The highest BCUT2D eigenvalue weighted by molar-refractivity contribution is 5.44. The smallest absolute Gasteiger partial charge is 0.161 e. The molecule has 5 nitrogen and oxygen atoms in total. The van der Waals surface area contributed by atoms with Gasteiger partial charge in [0.05, 0.1) is 0 Å². The van der Waals surface area contributed by atoms with E-state index in [0.29, 0.717) is 13.2 Å². The molecule has 2 aliphatic rings. The van der Waals surface area contributed by atoms with Gasteiger partial charge in [0.1, 0.15) is 13.2 Å². The van der Waals surface area contributed by atoms with E-state index in [1.165, 1.54) is 5.56 Å². The summed E-state index contributed by atoms with van der Waals surface area (Å²) in [6.07, 6.45) is 0.750. The minimum atomic E-state index is 0.197. The zero-order valence-electron chi connectivity index (χ0n) is 11.7. The van der Waals surface area contributed by atoms with Crippen LogP contribution < -0.4 is 14.8 Å². The number of hydrogen-bond acceptors (Lipinski definition) is 5. The summed E-state index contributed by atoms with van der Waals surface area (Å²) in [5.74, 6) is 1.65. The standard InChI is InChI=1S/C15H22N2O3/c18-8-3-13(17-6-4-16-5-7-17)12-1-2-14-15(11-12)20-10-9-19-14/h1-2,11,13,16,18H,3-10H2. The second kappa shape index (κ2) is 6.43. The van der Waals surface area contributed by atoms with Gasteiger partial charge in [-0.25, -0.2) is 0 Å². The first kappa shape index (κ1) is 13.7. The van der Waals surface area contributed by atoms with Gasteiger partial charge in [-0.1, -0.05) is 6.07 Å². The summed E-state index contributed by atoms with van der Waals surface area (Å²) < 4.78 is 11.2. The Kier molecular flexibility index (Phi) is 4.40. The van der Waals surface area contributed by atoms with Crippen LogP contribution in [0.5, 0.6) is 11.5 Å². The number of nitrogens with zero attached hydrogens (tertiary/aromatic N) is 1. The molecule has 0 saturated carbocycles. The van der Waals surface area contributed by atoms with Gasteiger partial charge in [-0.2, -0.15) is 0 Å². The average Bonchev–Trinajstić information content (AvgIpc) is 2.53. The van der Waals surface area contributed by atoms with Crippen molar-refractivity contribution in [3.8, 4) is 11.5 Å². The number of aliphatic hydroxyl groups is 1. The number of ether oxygens (including phenoxy) is 2. The van der Waals surface area contributed by atoms with E-state index in [1.54, 1.807) is 0 Å². The van der Waals surface area contributed by atoms with Gasteiger partial charge in [0.15, 0.2) is 11.5 Å². The van der Waals surface area contributed by atoms with Gasteiger partial charge in [-0.05, 0) is 24.1 Å². The molecule has 2 aliphatic heterocycles. The Morgan fingerprint density at radius 2 is 1.90 bits per heavy atom. The molecule has 1 saturated heterocycles. The molecule has 110 valence electrons. The van der Waals surface area contributed by atoms with Crippen molar-refractivity contribution in [1.82, 2.24) is 10.2 Å². The van der Waals surface area contributed by atoms with Gasteiger partial charge in [0.25, 0.3) is 0 Å². The number of fused-ring (bicyclic) bond motifs is 1. The van der Waals surface area contributed by atoms with Crippen LogP contribution in [0.3, 0.4) is 0 Å². The third kappa shape index (κ3) is 2.90. The maximum atomic E-state index is 9.37. The Balaban J connectivity index is 1.82. The molecule has 2 heterocycles. The molecule has 1 aromatic carbocycles. The van der Waals surface area contributed by atoms with Crippen molar-refractivity contribution in [3.05, 3.63) is 23.8 Å². The predicted octanol–water partition coefficient (Wildman–Crippen LogP) is 0.786. The maximum Gasteiger partial charge on any atom is 0.161 e. The summed E-state index contributed by atoms with van der Waals surface area (Å²) in [6, 6.07) is 6.39. The Labute approximate surface area is 119 Å². The fourth-order valence-corrected chi connectivity index (χ4v) is 2.94. The van der Waals surface area contributed by atoms with E-state index < -0.39 is 0 Å². The van der Waals surface area contributed by atoms with Gasteiger partial charge in [-0.15, -0.1) is 0 Å². The van der Waals surface area contributed by atoms with Gasteiger partial charge < -0.3 is 19.9 Å². The maximum absolute atomic E-state index is 9.37. The quantitative estimate of drug-likeness (QED) is 0.853. The molecule has 1 atom stereocenters. The minimum absolute atomic E-state index is 0.197. The summed E-state index contributed by atoms with van der Waals surface area (Å²) in [5.41, 5.74) is 1.20. The summed E-state index contributed by atoms with van der Waals surface area (Å²) in [5, 5.41) is 12.7. The molecule has 0 amide bonds. The summed E-state index contributed by atoms with van der Waals surface area (Å²) in [6.45, 7) is 5.46. The van der Waals surface area contributed by atoms with Crippen molar-refractivity contribution in [2.24, 2.45) is 0 Å². The fraction of sp³-hybridized carbons (Fsp3) is 0.600. The van der Waals surface area contributed by atoms with Crippen molar-refractivity contribution in [3.63, 3.8) is 0 Å². The van der Waals surface area contributed by atoms with Crippen LogP contribution in [0, 0.1) is 0 Å². The number of piperazine rings is 1. The first-order valence-corrected chi connectivity index (χ1v) is 7.33. The van der Waals surface area contributed by atoms with Gasteiger partial charge >= 0.3 is 0 Å². The highest BCUT2D eigenvalue weighted by Crippen LogP contribution is 2.35. The van der Waals surface area contributed by atoms with Crippen LogP contribution in [-0.2, 0) is 0 Å². The van der Waals surface area contributed by atoms with Crippen molar-refractivity contribution in [1.29, 1.82) is 0 Å². The van der Waals surface area contributed by atoms with E-state index in [2.05, 4.69) is 22.3 Å².